The van der Waals surface area contributed by atoms with Crippen molar-refractivity contribution in [3.63, 3.8) is 0 Å². The van der Waals surface area contributed by atoms with Gasteiger partial charge in [0.15, 0.2) is 5.78 Å². The highest BCUT2D eigenvalue weighted by Gasteiger charge is 2.14. The number of allylic oxidation sites excluding steroid dienone is 1. The van der Waals surface area contributed by atoms with Crippen molar-refractivity contribution in [1.29, 1.82) is 0 Å². The van der Waals surface area contributed by atoms with Gasteiger partial charge in [-0.1, -0.05) is 82.3 Å². The summed E-state index contributed by atoms with van der Waals surface area (Å²) in [5, 5.41) is 0. The van der Waals surface area contributed by atoms with Crippen molar-refractivity contribution < 1.29 is 4.79 Å². The van der Waals surface area contributed by atoms with Crippen LogP contribution in [0.1, 0.15) is 49.2 Å². The summed E-state index contributed by atoms with van der Waals surface area (Å²) >= 11 is 1.71. The van der Waals surface area contributed by atoms with E-state index in [1.54, 1.807) is 17.8 Å². The van der Waals surface area contributed by atoms with Gasteiger partial charge >= 0.3 is 0 Å². The maximum atomic E-state index is 12.4. The van der Waals surface area contributed by atoms with E-state index in [9.17, 15) is 4.79 Å². The summed E-state index contributed by atoms with van der Waals surface area (Å²) in [7, 11) is 0. The lowest BCUT2D eigenvalue weighted by Gasteiger charge is -2.19. The zero-order chi connectivity index (χ0) is 16.9. The Bertz CT molecular complexity index is 676. The van der Waals surface area contributed by atoms with E-state index >= 15 is 0 Å². The largest absolute Gasteiger partial charge is 0.289 e. The van der Waals surface area contributed by atoms with E-state index in [-0.39, 0.29) is 11.2 Å². The average molecular weight is 324 g/mol. The highest BCUT2D eigenvalue weighted by molar-refractivity contribution is 8.08. The normalized spacial score (nSPS) is 12.3. The van der Waals surface area contributed by atoms with Gasteiger partial charge in [0.05, 0.1) is 0 Å². The second-order valence-corrected chi connectivity index (χ2v) is 7.81. The first-order valence-electron chi connectivity index (χ1n) is 7.96. The van der Waals surface area contributed by atoms with Crippen LogP contribution in [-0.4, -0.2) is 11.5 Å². The molecule has 0 N–H and O–H groups in total. The summed E-state index contributed by atoms with van der Waals surface area (Å²) in [5.74, 6) is 0.996. The monoisotopic (exact) mass is 324 g/mol. The standard InChI is InChI=1S/C21H24OS/c1-5-23-20(15-19(22)16-9-7-6-8-10-16)17-11-13-18(14-12-17)21(2,3)4/h6-15H,5H2,1-4H3/b20-15-. The lowest BCUT2D eigenvalue weighted by molar-refractivity contribution is 0.104. The van der Waals surface area contributed by atoms with Gasteiger partial charge in [-0.15, -0.1) is 11.8 Å². The van der Waals surface area contributed by atoms with Gasteiger partial charge in [-0.2, -0.15) is 0 Å². The predicted molar refractivity (Wildman–Crippen MR) is 102 cm³/mol. The Morgan fingerprint density at radius 2 is 1.57 bits per heavy atom. The molecule has 0 aliphatic heterocycles. The minimum atomic E-state index is 0.0569. The van der Waals surface area contributed by atoms with Crippen LogP contribution in [0, 0.1) is 0 Å². The topological polar surface area (TPSA) is 17.1 Å². The molecule has 0 radical (unpaired) electrons. The van der Waals surface area contributed by atoms with Gasteiger partial charge in [-0.25, -0.2) is 0 Å². The molecular weight excluding hydrogens is 300 g/mol. The van der Waals surface area contributed by atoms with E-state index in [1.807, 2.05) is 30.3 Å². The quantitative estimate of drug-likeness (QED) is 0.498. The molecule has 0 heterocycles. The van der Waals surface area contributed by atoms with Crippen LogP contribution in [0.3, 0.4) is 0 Å². The van der Waals surface area contributed by atoms with Gasteiger partial charge in [0.25, 0.3) is 0 Å². The fourth-order valence-corrected chi connectivity index (χ4v) is 3.11. The fraction of sp³-hybridized carbons (Fsp3) is 0.286. The Balaban J connectivity index is 2.31. The molecule has 2 aromatic rings. The van der Waals surface area contributed by atoms with E-state index in [0.717, 1.165) is 21.8 Å². The zero-order valence-corrected chi connectivity index (χ0v) is 15.1. The van der Waals surface area contributed by atoms with Gasteiger partial charge in [0.2, 0.25) is 0 Å². The molecule has 0 unspecified atom stereocenters. The lowest BCUT2D eigenvalue weighted by Crippen LogP contribution is -2.10. The van der Waals surface area contributed by atoms with Crippen LogP contribution in [0.15, 0.2) is 60.7 Å². The molecule has 2 aromatic carbocycles. The molecule has 23 heavy (non-hydrogen) atoms. The molecule has 0 bridgehead atoms. The molecule has 0 saturated carbocycles. The Labute approximate surface area is 143 Å². The van der Waals surface area contributed by atoms with Gasteiger partial charge in [0.1, 0.15) is 0 Å². The maximum Gasteiger partial charge on any atom is 0.186 e. The molecule has 1 nitrogen and oxygen atoms in total. The number of ketones is 1. The van der Waals surface area contributed by atoms with Crippen LogP contribution < -0.4 is 0 Å². The number of benzene rings is 2. The SMILES string of the molecule is CCS/C(=C\C(=O)c1ccccc1)c1ccc(C(C)(C)C)cc1. The Morgan fingerprint density at radius 3 is 2.09 bits per heavy atom. The third-order valence-electron chi connectivity index (χ3n) is 3.66. The van der Waals surface area contributed by atoms with Crippen molar-refractivity contribution in [2.24, 2.45) is 0 Å². The third-order valence-corrected chi connectivity index (χ3v) is 4.61. The van der Waals surface area contributed by atoms with E-state index in [2.05, 4.69) is 52.0 Å². The number of thioether (sulfide) groups is 1. The zero-order valence-electron chi connectivity index (χ0n) is 14.3. The summed E-state index contributed by atoms with van der Waals surface area (Å²) in [5.41, 5.74) is 3.28. The molecule has 2 rings (SSSR count). The van der Waals surface area contributed by atoms with Crippen molar-refractivity contribution in [2.45, 2.75) is 33.1 Å². The molecule has 0 atom stereocenters. The summed E-state index contributed by atoms with van der Waals surface area (Å²) < 4.78 is 0. The smallest absolute Gasteiger partial charge is 0.186 e. The Morgan fingerprint density at radius 1 is 0.957 bits per heavy atom. The van der Waals surface area contributed by atoms with Gasteiger partial charge < -0.3 is 0 Å². The molecular formula is C21H24OS. The first-order chi connectivity index (χ1) is 10.9. The number of carbonyl (C=O) groups excluding carboxylic acids is 1. The van der Waals surface area contributed by atoms with E-state index < -0.39 is 0 Å². The van der Waals surface area contributed by atoms with E-state index in [0.29, 0.717) is 0 Å². The third kappa shape index (κ3) is 4.84. The van der Waals surface area contributed by atoms with Crippen LogP contribution >= 0.6 is 11.8 Å². The predicted octanol–water partition coefficient (Wildman–Crippen LogP) is 5.96. The molecule has 0 saturated heterocycles. The number of rotatable bonds is 5. The molecule has 0 spiro atoms. The van der Waals surface area contributed by atoms with Crippen molar-refractivity contribution >= 4 is 22.5 Å². The summed E-state index contributed by atoms with van der Waals surface area (Å²) in [6.45, 7) is 8.73. The maximum absolute atomic E-state index is 12.4. The molecule has 2 heteroatoms. The molecule has 0 aromatic heterocycles. The second-order valence-electron chi connectivity index (χ2n) is 6.50. The van der Waals surface area contributed by atoms with Crippen molar-refractivity contribution in [3.8, 4) is 0 Å². The molecule has 0 amide bonds. The molecule has 0 fully saturated rings. The Hall–Kier alpha value is -1.80. The van der Waals surface area contributed by atoms with E-state index in [1.165, 1.54) is 5.56 Å². The number of hydrogen-bond acceptors (Lipinski definition) is 2. The number of hydrogen-bond donors (Lipinski definition) is 0. The van der Waals surface area contributed by atoms with Gasteiger partial charge in [0, 0.05) is 16.5 Å². The minimum Gasteiger partial charge on any atom is -0.289 e. The summed E-state index contributed by atoms with van der Waals surface area (Å²) in [4.78, 5) is 13.5. The molecule has 0 aliphatic carbocycles. The van der Waals surface area contributed by atoms with Crippen molar-refractivity contribution in [3.05, 3.63) is 77.4 Å². The van der Waals surface area contributed by atoms with Crippen molar-refractivity contribution in [1.82, 2.24) is 0 Å². The van der Waals surface area contributed by atoms with E-state index in [4.69, 9.17) is 0 Å². The van der Waals surface area contributed by atoms with Crippen LogP contribution in [-0.2, 0) is 5.41 Å². The lowest BCUT2D eigenvalue weighted by atomic mass is 9.86. The second kappa shape index (κ2) is 7.65. The minimum absolute atomic E-state index is 0.0569. The van der Waals surface area contributed by atoms with Crippen molar-refractivity contribution in [2.75, 3.05) is 5.75 Å². The number of carbonyl (C=O) groups is 1. The van der Waals surface area contributed by atoms with Crippen LogP contribution in [0.2, 0.25) is 0 Å². The highest BCUT2D eigenvalue weighted by atomic mass is 32.2. The first kappa shape index (κ1) is 17.6. The summed E-state index contributed by atoms with van der Waals surface area (Å²) in [6.07, 6.45) is 1.76. The van der Waals surface area contributed by atoms with Gasteiger partial charge in [-0.05, 0) is 22.3 Å². The van der Waals surface area contributed by atoms with Crippen LogP contribution in [0.25, 0.3) is 4.91 Å². The fourth-order valence-electron chi connectivity index (χ4n) is 2.30. The molecule has 120 valence electrons. The van der Waals surface area contributed by atoms with Gasteiger partial charge in [-0.3, -0.25) is 4.79 Å². The average Bonchev–Trinajstić information content (AvgIpc) is 2.54. The first-order valence-corrected chi connectivity index (χ1v) is 8.95. The van der Waals surface area contributed by atoms with Crippen LogP contribution in [0.4, 0.5) is 0 Å². The Kier molecular flexibility index (Phi) is 5.84. The summed E-state index contributed by atoms with van der Waals surface area (Å²) in [6, 6.07) is 18.0. The molecule has 0 aliphatic rings. The van der Waals surface area contributed by atoms with Crippen LogP contribution in [0.5, 0.6) is 0 Å². The highest BCUT2D eigenvalue weighted by Crippen LogP contribution is 2.30.